The molecule has 0 saturated carbocycles. The summed E-state index contributed by atoms with van der Waals surface area (Å²) >= 11 is 0. The molecule has 0 radical (unpaired) electrons. The predicted molar refractivity (Wildman–Crippen MR) is 64.9 cm³/mol. The van der Waals surface area contributed by atoms with E-state index in [2.05, 4.69) is 5.32 Å². The molecule has 0 aliphatic heterocycles. The summed E-state index contributed by atoms with van der Waals surface area (Å²) in [6.45, 7) is 2.79. The first kappa shape index (κ1) is 12.4. The molecule has 4 heteroatoms. The predicted octanol–water partition coefficient (Wildman–Crippen LogP) is 2.57. The maximum atomic E-state index is 11.6. The van der Waals surface area contributed by atoms with Crippen molar-refractivity contribution in [3.63, 3.8) is 0 Å². The molecule has 1 aromatic carbocycles. The monoisotopic (exact) mass is 222 g/mol. The Bertz CT molecular complexity index is 335. The molecule has 0 aliphatic carbocycles. The van der Waals surface area contributed by atoms with Crippen molar-refractivity contribution in [3.8, 4) is 5.75 Å². The van der Waals surface area contributed by atoms with Crippen LogP contribution in [0, 0.1) is 0 Å². The van der Waals surface area contributed by atoms with Crippen molar-refractivity contribution in [2.45, 2.75) is 13.3 Å². The molecular weight excluding hydrogens is 204 g/mol. The molecule has 1 aromatic rings. The van der Waals surface area contributed by atoms with Gasteiger partial charge < -0.3 is 15.0 Å². The average molecular weight is 222 g/mol. The summed E-state index contributed by atoms with van der Waals surface area (Å²) in [4.78, 5) is 13.3. The second-order valence-electron chi connectivity index (χ2n) is 3.58. The van der Waals surface area contributed by atoms with Gasteiger partial charge in [0.2, 0.25) is 0 Å². The second-order valence-corrected chi connectivity index (χ2v) is 3.58. The molecule has 4 nitrogen and oxygen atoms in total. The van der Waals surface area contributed by atoms with Crippen molar-refractivity contribution in [2.75, 3.05) is 26.0 Å². The molecule has 0 atom stereocenters. The van der Waals surface area contributed by atoms with E-state index in [9.17, 15) is 4.79 Å². The highest BCUT2D eigenvalue weighted by Gasteiger charge is 2.06. The van der Waals surface area contributed by atoms with E-state index in [4.69, 9.17) is 4.74 Å². The first-order chi connectivity index (χ1) is 7.67. The van der Waals surface area contributed by atoms with Gasteiger partial charge in [-0.1, -0.05) is 6.92 Å². The molecule has 0 aromatic heterocycles. The van der Waals surface area contributed by atoms with Gasteiger partial charge in [0.1, 0.15) is 5.75 Å². The molecule has 16 heavy (non-hydrogen) atoms. The van der Waals surface area contributed by atoms with Crippen LogP contribution in [0.25, 0.3) is 0 Å². The number of hydrogen-bond donors (Lipinski definition) is 1. The van der Waals surface area contributed by atoms with E-state index in [-0.39, 0.29) is 6.03 Å². The molecule has 88 valence electrons. The van der Waals surface area contributed by atoms with Gasteiger partial charge in [0.05, 0.1) is 7.11 Å². The first-order valence-electron chi connectivity index (χ1n) is 5.33. The fourth-order valence-electron chi connectivity index (χ4n) is 1.33. The summed E-state index contributed by atoms with van der Waals surface area (Å²) < 4.78 is 5.04. The lowest BCUT2D eigenvalue weighted by Gasteiger charge is -2.16. The van der Waals surface area contributed by atoms with Crippen molar-refractivity contribution in [1.82, 2.24) is 4.90 Å². The number of anilines is 1. The van der Waals surface area contributed by atoms with Gasteiger partial charge in [-0.2, -0.15) is 0 Å². The number of carbonyl (C=O) groups is 1. The van der Waals surface area contributed by atoms with E-state index in [1.165, 1.54) is 0 Å². The van der Waals surface area contributed by atoms with E-state index >= 15 is 0 Å². The molecule has 0 saturated heterocycles. The van der Waals surface area contributed by atoms with Crippen molar-refractivity contribution < 1.29 is 9.53 Å². The third-order valence-corrected chi connectivity index (χ3v) is 2.25. The zero-order valence-corrected chi connectivity index (χ0v) is 9.99. The van der Waals surface area contributed by atoms with E-state index in [1.54, 1.807) is 19.1 Å². The van der Waals surface area contributed by atoms with Crippen molar-refractivity contribution in [1.29, 1.82) is 0 Å². The number of rotatable bonds is 4. The number of nitrogens with zero attached hydrogens (tertiary/aromatic N) is 1. The fourth-order valence-corrected chi connectivity index (χ4v) is 1.33. The molecule has 2 amide bonds. The van der Waals surface area contributed by atoms with Crippen LogP contribution in [0.15, 0.2) is 24.3 Å². The summed E-state index contributed by atoms with van der Waals surface area (Å²) in [5.74, 6) is 0.778. The number of ether oxygens (including phenoxy) is 1. The van der Waals surface area contributed by atoms with Crippen LogP contribution in [0.3, 0.4) is 0 Å². The number of amides is 2. The van der Waals surface area contributed by atoms with Crippen LogP contribution >= 0.6 is 0 Å². The zero-order chi connectivity index (χ0) is 12.0. The Hall–Kier alpha value is -1.71. The van der Waals surface area contributed by atoms with Gasteiger partial charge in [0.25, 0.3) is 0 Å². The Morgan fingerprint density at radius 1 is 1.38 bits per heavy atom. The number of methoxy groups -OCH3 is 1. The summed E-state index contributed by atoms with van der Waals surface area (Å²) in [6, 6.07) is 7.17. The smallest absolute Gasteiger partial charge is 0.321 e. The number of urea groups is 1. The largest absolute Gasteiger partial charge is 0.497 e. The average Bonchev–Trinajstić information content (AvgIpc) is 2.30. The van der Waals surface area contributed by atoms with Gasteiger partial charge in [-0.05, 0) is 30.7 Å². The van der Waals surface area contributed by atoms with Gasteiger partial charge in [-0.3, -0.25) is 0 Å². The Morgan fingerprint density at radius 3 is 2.50 bits per heavy atom. The van der Waals surface area contributed by atoms with Crippen LogP contribution in [-0.2, 0) is 0 Å². The van der Waals surface area contributed by atoms with Crippen LogP contribution in [0.4, 0.5) is 10.5 Å². The number of nitrogens with one attached hydrogen (secondary N) is 1. The normalized spacial score (nSPS) is 9.69. The van der Waals surface area contributed by atoms with Crippen molar-refractivity contribution in [2.24, 2.45) is 0 Å². The Balaban J connectivity index is 2.55. The van der Waals surface area contributed by atoms with Crippen LogP contribution in [0.1, 0.15) is 13.3 Å². The van der Waals surface area contributed by atoms with Gasteiger partial charge in [-0.15, -0.1) is 0 Å². The molecule has 1 N–H and O–H groups in total. The maximum absolute atomic E-state index is 11.6. The Kier molecular flexibility index (Phi) is 4.64. The minimum atomic E-state index is -0.0907. The van der Waals surface area contributed by atoms with Crippen LogP contribution < -0.4 is 10.1 Å². The summed E-state index contributed by atoms with van der Waals surface area (Å²) in [6.07, 6.45) is 0.951. The van der Waals surface area contributed by atoms with Gasteiger partial charge in [0, 0.05) is 19.3 Å². The number of carbonyl (C=O) groups excluding carboxylic acids is 1. The summed E-state index contributed by atoms with van der Waals surface area (Å²) in [5.41, 5.74) is 0.772. The summed E-state index contributed by atoms with van der Waals surface area (Å²) in [7, 11) is 3.39. The standard InChI is InChI=1S/C12H18N2O2/c1-4-9-14(2)12(15)13-10-5-7-11(16-3)8-6-10/h5-8H,4,9H2,1-3H3,(H,13,15). The topological polar surface area (TPSA) is 41.6 Å². The minimum absolute atomic E-state index is 0.0907. The lowest BCUT2D eigenvalue weighted by Crippen LogP contribution is -2.31. The molecule has 0 spiro atoms. The molecule has 1 rings (SSSR count). The molecule has 0 unspecified atom stereocenters. The Labute approximate surface area is 96.2 Å². The number of benzene rings is 1. The molecule has 0 aliphatic rings. The van der Waals surface area contributed by atoms with Crippen molar-refractivity contribution in [3.05, 3.63) is 24.3 Å². The van der Waals surface area contributed by atoms with Crippen LogP contribution in [0.2, 0.25) is 0 Å². The fraction of sp³-hybridized carbons (Fsp3) is 0.417. The number of hydrogen-bond acceptors (Lipinski definition) is 2. The highest BCUT2D eigenvalue weighted by atomic mass is 16.5. The van der Waals surface area contributed by atoms with Crippen molar-refractivity contribution >= 4 is 11.7 Å². The zero-order valence-electron chi connectivity index (χ0n) is 9.99. The molecule has 0 bridgehead atoms. The first-order valence-corrected chi connectivity index (χ1v) is 5.33. The summed E-state index contributed by atoms with van der Waals surface area (Å²) in [5, 5.41) is 2.81. The SMILES string of the molecule is CCCN(C)C(=O)Nc1ccc(OC)cc1. The van der Waals surface area contributed by atoms with Gasteiger partial charge >= 0.3 is 6.03 Å². The van der Waals surface area contributed by atoms with E-state index < -0.39 is 0 Å². The van der Waals surface area contributed by atoms with Gasteiger partial charge in [-0.25, -0.2) is 4.79 Å². The second kappa shape index (κ2) is 6.00. The molecule has 0 fully saturated rings. The quantitative estimate of drug-likeness (QED) is 0.850. The lowest BCUT2D eigenvalue weighted by atomic mass is 10.3. The van der Waals surface area contributed by atoms with E-state index in [1.807, 2.05) is 31.2 Å². The Morgan fingerprint density at radius 2 is 2.00 bits per heavy atom. The highest BCUT2D eigenvalue weighted by molar-refractivity contribution is 5.89. The highest BCUT2D eigenvalue weighted by Crippen LogP contribution is 2.15. The third-order valence-electron chi connectivity index (χ3n) is 2.25. The minimum Gasteiger partial charge on any atom is -0.497 e. The van der Waals surface area contributed by atoms with Gasteiger partial charge in [0.15, 0.2) is 0 Å². The third kappa shape index (κ3) is 3.46. The van der Waals surface area contributed by atoms with E-state index in [0.717, 1.165) is 24.4 Å². The molecular formula is C12H18N2O2. The molecule has 0 heterocycles. The van der Waals surface area contributed by atoms with Crippen LogP contribution in [0.5, 0.6) is 5.75 Å². The van der Waals surface area contributed by atoms with Crippen LogP contribution in [-0.4, -0.2) is 31.6 Å². The lowest BCUT2D eigenvalue weighted by molar-refractivity contribution is 0.222. The van der Waals surface area contributed by atoms with E-state index in [0.29, 0.717) is 0 Å². The maximum Gasteiger partial charge on any atom is 0.321 e.